The van der Waals surface area contributed by atoms with Crippen molar-refractivity contribution in [2.45, 2.75) is 45.6 Å². The van der Waals surface area contributed by atoms with Gasteiger partial charge in [-0.15, -0.1) is 0 Å². The lowest BCUT2D eigenvalue weighted by Gasteiger charge is -2.26. The van der Waals surface area contributed by atoms with E-state index in [1.807, 2.05) is 13.8 Å². The van der Waals surface area contributed by atoms with Crippen molar-refractivity contribution in [2.24, 2.45) is 0 Å². The Morgan fingerprint density at radius 2 is 1.88 bits per heavy atom. The largest absolute Gasteiger partial charge is 0.368 e. The fourth-order valence-electron chi connectivity index (χ4n) is 1.46. The van der Waals surface area contributed by atoms with Gasteiger partial charge in [0.15, 0.2) is 5.78 Å². The van der Waals surface area contributed by atoms with Gasteiger partial charge in [0, 0.05) is 19.3 Å². The standard InChI is InChI=1S/C11H22O4S/c1-5-11(3,15-6-2)10(12)8-7-9-16(4,13)14/h5-9H2,1-4H3. The van der Waals surface area contributed by atoms with Crippen LogP contribution in [0.15, 0.2) is 0 Å². The summed E-state index contributed by atoms with van der Waals surface area (Å²) in [6.07, 6.45) is 2.43. The van der Waals surface area contributed by atoms with Crippen molar-refractivity contribution in [3.05, 3.63) is 0 Å². The third-order valence-electron chi connectivity index (χ3n) is 2.65. The Morgan fingerprint density at radius 3 is 2.25 bits per heavy atom. The van der Waals surface area contributed by atoms with E-state index >= 15 is 0 Å². The summed E-state index contributed by atoms with van der Waals surface area (Å²) in [5, 5.41) is 0. The fraction of sp³-hybridized carbons (Fsp3) is 0.909. The zero-order chi connectivity index (χ0) is 12.8. The van der Waals surface area contributed by atoms with Crippen LogP contribution in [0.25, 0.3) is 0 Å². The van der Waals surface area contributed by atoms with Crippen LogP contribution in [-0.2, 0) is 19.4 Å². The van der Waals surface area contributed by atoms with Gasteiger partial charge >= 0.3 is 0 Å². The van der Waals surface area contributed by atoms with E-state index in [1.165, 1.54) is 6.26 Å². The molecule has 0 aliphatic heterocycles. The minimum Gasteiger partial charge on any atom is -0.368 e. The van der Waals surface area contributed by atoms with Crippen LogP contribution < -0.4 is 0 Å². The molecule has 0 radical (unpaired) electrons. The van der Waals surface area contributed by atoms with Gasteiger partial charge in [0.05, 0.1) is 5.75 Å². The van der Waals surface area contributed by atoms with Gasteiger partial charge in [0.25, 0.3) is 0 Å². The molecular weight excluding hydrogens is 228 g/mol. The number of ketones is 1. The molecule has 0 saturated carbocycles. The Balaban J connectivity index is 4.23. The van der Waals surface area contributed by atoms with Gasteiger partial charge in [-0.25, -0.2) is 8.42 Å². The minimum atomic E-state index is -2.98. The van der Waals surface area contributed by atoms with Crippen LogP contribution >= 0.6 is 0 Å². The van der Waals surface area contributed by atoms with E-state index in [-0.39, 0.29) is 18.0 Å². The second kappa shape index (κ2) is 6.35. The minimum absolute atomic E-state index is 0.0134. The smallest absolute Gasteiger partial charge is 0.164 e. The maximum atomic E-state index is 11.9. The Kier molecular flexibility index (Phi) is 6.18. The van der Waals surface area contributed by atoms with Crippen LogP contribution in [0.5, 0.6) is 0 Å². The van der Waals surface area contributed by atoms with E-state index < -0.39 is 15.4 Å². The average molecular weight is 250 g/mol. The molecular formula is C11H22O4S. The molecule has 0 fully saturated rings. The summed E-state index contributed by atoms with van der Waals surface area (Å²) < 4.78 is 27.3. The van der Waals surface area contributed by atoms with Crippen LogP contribution in [0.1, 0.15) is 40.0 Å². The summed E-state index contributed by atoms with van der Waals surface area (Å²) in [6, 6.07) is 0. The topological polar surface area (TPSA) is 60.4 Å². The Hall–Kier alpha value is -0.420. The zero-order valence-corrected chi connectivity index (χ0v) is 11.4. The molecule has 5 heteroatoms. The van der Waals surface area contributed by atoms with Gasteiger partial charge < -0.3 is 4.74 Å². The lowest BCUT2D eigenvalue weighted by atomic mass is 9.94. The summed E-state index contributed by atoms with van der Waals surface area (Å²) >= 11 is 0. The van der Waals surface area contributed by atoms with Crippen LogP contribution in [0.4, 0.5) is 0 Å². The molecule has 0 aromatic rings. The molecule has 0 aromatic heterocycles. The van der Waals surface area contributed by atoms with Gasteiger partial charge in [-0.1, -0.05) is 6.92 Å². The van der Waals surface area contributed by atoms with Crippen LogP contribution in [0, 0.1) is 0 Å². The number of Topliss-reactive ketones (excluding diaryl/α,β-unsaturated/α-hetero) is 1. The second-order valence-electron chi connectivity index (χ2n) is 4.17. The van der Waals surface area contributed by atoms with Crippen molar-refractivity contribution in [2.75, 3.05) is 18.6 Å². The van der Waals surface area contributed by atoms with Crippen molar-refractivity contribution < 1.29 is 17.9 Å². The van der Waals surface area contributed by atoms with E-state index in [9.17, 15) is 13.2 Å². The number of ether oxygens (including phenoxy) is 1. The van der Waals surface area contributed by atoms with Crippen LogP contribution in [0.2, 0.25) is 0 Å². The molecule has 0 aliphatic rings. The van der Waals surface area contributed by atoms with E-state index in [4.69, 9.17) is 4.74 Å². The molecule has 0 aliphatic carbocycles. The van der Waals surface area contributed by atoms with E-state index in [0.29, 0.717) is 19.4 Å². The van der Waals surface area contributed by atoms with Crippen LogP contribution in [0.3, 0.4) is 0 Å². The van der Waals surface area contributed by atoms with Gasteiger partial charge in [0.1, 0.15) is 15.4 Å². The van der Waals surface area contributed by atoms with Gasteiger partial charge in [-0.2, -0.15) is 0 Å². The van der Waals surface area contributed by atoms with Crippen molar-refractivity contribution in [3.63, 3.8) is 0 Å². The molecule has 16 heavy (non-hydrogen) atoms. The first kappa shape index (κ1) is 15.6. The second-order valence-corrected chi connectivity index (χ2v) is 6.43. The van der Waals surface area contributed by atoms with Gasteiger partial charge in [0.2, 0.25) is 0 Å². The van der Waals surface area contributed by atoms with Crippen molar-refractivity contribution in [1.82, 2.24) is 0 Å². The first-order valence-corrected chi connectivity index (χ1v) is 7.66. The first-order chi connectivity index (χ1) is 7.25. The predicted molar refractivity (Wildman–Crippen MR) is 64.3 cm³/mol. The molecule has 0 aromatic carbocycles. The molecule has 1 atom stereocenters. The number of carbonyl (C=O) groups is 1. The molecule has 0 N–H and O–H groups in total. The van der Waals surface area contributed by atoms with Crippen molar-refractivity contribution in [3.8, 4) is 0 Å². The quantitative estimate of drug-likeness (QED) is 0.656. The van der Waals surface area contributed by atoms with Crippen molar-refractivity contribution in [1.29, 1.82) is 0 Å². The summed E-state index contributed by atoms with van der Waals surface area (Å²) in [5.41, 5.74) is -0.758. The molecule has 0 heterocycles. The number of hydrogen-bond donors (Lipinski definition) is 0. The SMILES string of the molecule is CCOC(C)(CC)C(=O)CCCS(C)(=O)=O. The van der Waals surface area contributed by atoms with Gasteiger partial charge in [-0.3, -0.25) is 4.79 Å². The summed E-state index contributed by atoms with van der Waals surface area (Å²) in [7, 11) is -2.98. The normalized spacial score (nSPS) is 15.8. The van der Waals surface area contributed by atoms with Crippen molar-refractivity contribution >= 4 is 15.6 Å². The summed E-state index contributed by atoms with van der Waals surface area (Å²) in [5.74, 6) is 0.0468. The molecule has 1 unspecified atom stereocenters. The predicted octanol–water partition coefficient (Wildman–Crippen LogP) is 1.59. The Bertz CT molecular complexity index is 321. The molecule has 0 amide bonds. The lowest BCUT2D eigenvalue weighted by molar-refractivity contribution is -0.142. The van der Waals surface area contributed by atoms with Gasteiger partial charge in [-0.05, 0) is 26.7 Å². The Labute approximate surface area is 98.3 Å². The van der Waals surface area contributed by atoms with E-state index in [2.05, 4.69) is 0 Å². The summed E-state index contributed by atoms with van der Waals surface area (Å²) in [4.78, 5) is 11.9. The number of hydrogen-bond acceptors (Lipinski definition) is 4. The third-order valence-corrected chi connectivity index (χ3v) is 3.68. The monoisotopic (exact) mass is 250 g/mol. The molecule has 4 nitrogen and oxygen atoms in total. The zero-order valence-electron chi connectivity index (χ0n) is 10.6. The highest BCUT2D eigenvalue weighted by Crippen LogP contribution is 2.19. The molecule has 0 bridgehead atoms. The molecule has 0 spiro atoms. The number of carbonyl (C=O) groups excluding carboxylic acids is 1. The number of rotatable bonds is 8. The summed E-state index contributed by atoms with van der Waals surface area (Å²) in [6.45, 7) is 5.99. The highest BCUT2D eigenvalue weighted by Gasteiger charge is 2.30. The fourth-order valence-corrected chi connectivity index (χ4v) is 2.13. The highest BCUT2D eigenvalue weighted by atomic mass is 32.2. The van der Waals surface area contributed by atoms with E-state index in [1.54, 1.807) is 6.92 Å². The van der Waals surface area contributed by atoms with E-state index in [0.717, 1.165) is 0 Å². The third kappa shape index (κ3) is 5.61. The Morgan fingerprint density at radius 1 is 1.31 bits per heavy atom. The molecule has 0 saturated heterocycles. The number of sulfone groups is 1. The highest BCUT2D eigenvalue weighted by molar-refractivity contribution is 7.90. The van der Waals surface area contributed by atoms with Crippen LogP contribution in [-0.4, -0.2) is 38.4 Å². The maximum absolute atomic E-state index is 11.9. The maximum Gasteiger partial charge on any atom is 0.164 e. The molecule has 0 rings (SSSR count). The lowest BCUT2D eigenvalue weighted by Crippen LogP contribution is -2.38. The first-order valence-electron chi connectivity index (χ1n) is 5.60. The molecule has 96 valence electrons. The average Bonchev–Trinajstić information content (AvgIpc) is 2.15.